The number of nitrogens with one attached hydrogen (secondary N) is 1. The van der Waals surface area contributed by atoms with Crippen LogP contribution in [0, 0.1) is 35.1 Å². The van der Waals surface area contributed by atoms with Gasteiger partial charge in [0.1, 0.15) is 11.4 Å². The first kappa shape index (κ1) is 23.4. The van der Waals surface area contributed by atoms with Gasteiger partial charge in [-0.15, -0.1) is 13.2 Å². The Morgan fingerprint density at radius 1 is 0.969 bits per heavy atom. The number of halogens is 7. The van der Waals surface area contributed by atoms with Crippen molar-refractivity contribution in [3.8, 4) is 16.9 Å². The molecule has 3 rings (SSSR count). The molecular weight excluding hydrogens is 451 g/mol. The van der Waals surface area contributed by atoms with E-state index in [0.717, 1.165) is 18.2 Å². The third kappa shape index (κ3) is 4.63. The van der Waals surface area contributed by atoms with Gasteiger partial charge in [0.25, 0.3) is 0 Å². The van der Waals surface area contributed by atoms with Crippen molar-refractivity contribution in [1.29, 1.82) is 0 Å². The predicted octanol–water partition coefficient (Wildman–Crippen LogP) is 5.25. The standard InChI is InChI=1S/C20H14F7NO4/c21-13-12(8-3-1-4-9(7-8)32-20(25,26)27)14(22)16(24)17(15(13)23)28-18(29)10-5-2-6-11(10)19(30)31/h1,3-4,7,10-11H,2,5-6H2,(H,28,29)(H,30,31). The number of rotatable bonds is 5. The van der Waals surface area contributed by atoms with Crippen LogP contribution in [0.15, 0.2) is 24.3 Å². The Balaban J connectivity index is 1.98. The van der Waals surface area contributed by atoms with Crippen molar-refractivity contribution < 1.29 is 50.2 Å². The van der Waals surface area contributed by atoms with Crippen molar-refractivity contribution in [2.24, 2.45) is 11.8 Å². The molecule has 0 bridgehead atoms. The number of carboxylic acids is 1. The van der Waals surface area contributed by atoms with Crippen LogP contribution in [-0.2, 0) is 9.59 Å². The zero-order valence-corrected chi connectivity index (χ0v) is 15.9. The number of hydrogen-bond donors (Lipinski definition) is 2. The highest BCUT2D eigenvalue weighted by molar-refractivity contribution is 5.96. The van der Waals surface area contributed by atoms with Gasteiger partial charge >= 0.3 is 12.3 Å². The van der Waals surface area contributed by atoms with Crippen LogP contribution in [0.4, 0.5) is 36.4 Å². The third-order valence-corrected chi connectivity index (χ3v) is 5.04. The maximum Gasteiger partial charge on any atom is 0.573 e. The van der Waals surface area contributed by atoms with Gasteiger partial charge in [-0.2, -0.15) is 0 Å². The van der Waals surface area contributed by atoms with Gasteiger partial charge in [0.2, 0.25) is 5.91 Å². The van der Waals surface area contributed by atoms with E-state index in [0.29, 0.717) is 12.5 Å². The molecule has 0 radical (unpaired) electrons. The van der Waals surface area contributed by atoms with Gasteiger partial charge in [-0.1, -0.05) is 18.6 Å². The first-order valence-corrected chi connectivity index (χ1v) is 9.16. The lowest BCUT2D eigenvalue weighted by Gasteiger charge is -2.18. The minimum Gasteiger partial charge on any atom is -0.481 e. The maximum absolute atomic E-state index is 14.6. The molecule has 1 saturated carbocycles. The average Bonchev–Trinajstić information content (AvgIpc) is 3.19. The molecule has 1 amide bonds. The highest BCUT2D eigenvalue weighted by atomic mass is 19.4. The van der Waals surface area contributed by atoms with E-state index in [1.807, 2.05) is 0 Å². The summed E-state index contributed by atoms with van der Waals surface area (Å²) >= 11 is 0. The fourth-order valence-electron chi connectivity index (χ4n) is 3.63. The van der Waals surface area contributed by atoms with Crippen molar-refractivity contribution in [3.05, 3.63) is 47.5 Å². The number of carboxylic acid groups (broad SMARTS) is 1. The van der Waals surface area contributed by atoms with Crippen molar-refractivity contribution in [2.45, 2.75) is 25.6 Å². The molecule has 0 spiro atoms. The zero-order chi connectivity index (χ0) is 23.8. The van der Waals surface area contributed by atoms with Crippen LogP contribution < -0.4 is 10.1 Å². The van der Waals surface area contributed by atoms with Gasteiger partial charge in [-0.3, -0.25) is 9.59 Å². The Morgan fingerprint density at radius 3 is 2.12 bits per heavy atom. The Hall–Kier alpha value is -3.31. The molecule has 1 fully saturated rings. The second kappa shape index (κ2) is 8.67. The van der Waals surface area contributed by atoms with E-state index in [1.165, 1.54) is 0 Å². The van der Waals surface area contributed by atoms with E-state index >= 15 is 0 Å². The second-order valence-electron chi connectivity index (χ2n) is 7.05. The number of anilines is 1. The second-order valence-corrected chi connectivity index (χ2v) is 7.05. The van der Waals surface area contributed by atoms with Crippen LogP contribution >= 0.6 is 0 Å². The fourth-order valence-corrected chi connectivity index (χ4v) is 3.63. The largest absolute Gasteiger partial charge is 0.573 e. The molecule has 1 aliphatic carbocycles. The molecule has 0 aromatic heterocycles. The summed E-state index contributed by atoms with van der Waals surface area (Å²) in [7, 11) is 0. The normalized spacial score (nSPS) is 18.5. The Morgan fingerprint density at radius 2 is 1.56 bits per heavy atom. The van der Waals surface area contributed by atoms with Gasteiger partial charge < -0.3 is 15.2 Å². The number of amides is 1. The molecule has 2 aromatic rings. The van der Waals surface area contributed by atoms with E-state index in [4.69, 9.17) is 5.11 Å². The molecule has 0 saturated heterocycles. The highest BCUT2D eigenvalue weighted by Gasteiger charge is 2.39. The van der Waals surface area contributed by atoms with Crippen molar-refractivity contribution in [1.82, 2.24) is 0 Å². The lowest BCUT2D eigenvalue weighted by Crippen LogP contribution is -2.30. The van der Waals surface area contributed by atoms with Gasteiger partial charge in [-0.05, 0) is 30.5 Å². The minimum absolute atomic E-state index is 0.0983. The smallest absolute Gasteiger partial charge is 0.481 e. The first-order chi connectivity index (χ1) is 14.9. The van der Waals surface area contributed by atoms with Gasteiger partial charge in [0, 0.05) is 0 Å². The predicted molar refractivity (Wildman–Crippen MR) is 95.5 cm³/mol. The lowest BCUT2D eigenvalue weighted by atomic mass is 9.95. The maximum atomic E-state index is 14.6. The molecule has 0 heterocycles. The number of aliphatic carboxylic acids is 1. The van der Waals surface area contributed by atoms with E-state index in [-0.39, 0.29) is 12.8 Å². The molecule has 5 nitrogen and oxygen atoms in total. The molecule has 12 heteroatoms. The number of carbonyl (C=O) groups is 2. The topological polar surface area (TPSA) is 75.6 Å². The van der Waals surface area contributed by atoms with Crippen LogP contribution in [0.3, 0.4) is 0 Å². The van der Waals surface area contributed by atoms with Crippen molar-refractivity contribution in [2.75, 3.05) is 5.32 Å². The van der Waals surface area contributed by atoms with Crippen molar-refractivity contribution >= 4 is 17.6 Å². The Bertz CT molecular complexity index is 1040. The van der Waals surface area contributed by atoms with E-state index in [1.54, 1.807) is 5.32 Å². The Kier molecular flexibility index (Phi) is 6.33. The molecule has 2 atom stereocenters. The third-order valence-electron chi connectivity index (χ3n) is 5.04. The summed E-state index contributed by atoms with van der Waals surface area (Å²) < 4.78 is 99.0. The average molecular weight is 465 g/mol. The molecule has 32 heavy (non-hydrogen) atoms. The summed E-state index contributed by atoms with van der Waals surface area (Å²) in [5.74, 6) is -13.5. The summed E-state index contributed by atoms with van der Waals surface area (Å²) in [6.45, 7) is 0. The number of alkyl halides is 3. The van der Waals surface area contributed by atoms with E-state index in [2.05, 4.69) is 4.74 Å². The van der Waals surface area contributed by atoms with Gasteiger partial charge in [-0.25, -0.2) is 17.6 Å². The van der Waals surface area contributed by atoms with Crippen LogP contribution in [0.2, 0.25) is 0 Å². The minimum atomic E-state index is -5.12. The number of carbonyl (C=O) groups excluding carboxylic acids is 1. The van der Waals surface area contributed by atoms with E-state index < -0.39 is 75.9 Å². The molecule has 2 aromatic carbocycles. The molecule has 0 aliphatic heterocycles. The monoisotopic (exact) mass is 465 g/mol. The van der Waals surface area contributed by atoms with Crippen LogP contribution in [0.25, 0.3) is 11.1 Å². The molecular formula is C20H14F7NO4. The van der Waals surface area contributed by atoms with E-state index in [9.17, 15) is 40.3 Å². The SMILES string of the molecule is O=C(O)C1CCCC1C(=O)Nc1c(F)c(F)c(-c2cccc(OC(F)(F)F)c2)c(F)c1F. The van der Waals surface area contributed by atoms with Crippen LogP contribution in [0.1, 0.15) is 19.3 Å². The first-order valence-electron chi connectivity index (χ1n) is 9.16. The van der Waals surface area contributed by atoms with Gasteiger partial charge in [0.05, 0.1) is 17.4 Å². The van der Waals surface area contributed by atoms with Gasteiger partial charge in [0.15, 0.2) is 23.3 Å². The number of hydrogen-bond acceptors (Lipinski definition) is 3. The summed E-state index contributed by atoms with van der Waals surface area (Å²) in [4.78, 5) is 23.5. The van der Waals surface area contributed by atoms with Crippen LogP contribution in [-0.4, -0.2) is 23.3 Å². The molecule has 172 valence electrons. The fraction of sp³-hybridized carbons (Fsp3) is 0.300. The molecule has 1 aliphatic rings. The Labute approximate surface area is 175 Å². The highest BCUT2D eigenvalue weighted by Crippen LogP contribution is 2.38. The summed E-state index contributed by atoms with van der Waals surface area (Å²) in [6.07, 6.45) is -4.51. The number of ether oxygens (including phenoxy) is 1. The summed E-state index contributed by atoms with van der Waals surface area (Å²) in [6, 6.07) is 3.17. The summed E-state index contributed by atoms with van der Waals surface area (Å²) in [5.41, 5.74) is -3.43. The molecule has 2 unspecified atom stereocenters. The zero-order valence-electron chi connectivity index (χ0n) is 15.9. The van der Waals surface area contributed by atoms with Crippen LogP contribution in [0.5, 0.6) is 5.75 Å². The molecule has 2 N–H and O–H groups in total. The summed E-state index contributed by atoms with van der Waals surface area (Å²) in [5, 5.41) is 10.8. The quantitative estimate of drug-likeness (QED) is 0.468. The number of benzene rings is 2. The lowest BCUT2D eigenvalue weighted by molar-refractivity contribution is -0.274. The van der Waals surface area contributed by atoms with Crippen molar-refractivity contribution in [3.63, 3.8) is 0 Å².